The second-order valence-electron chi connectivity index (χ2n) is 22.0. The summed E-state index contributed by atoms with van der Waals surface area (Å²) in [6, 6.07) is 0. The van der Waals surface area contributed by atoms with Gasteiger partial charge in [0.15, 0.2) is 6.10 Å². The zero-order valence-electron chi connectivity index (χ0n) is 50.1. The Morgan fingerprint density at radius 3 is 0.813 bits per heavy atom. The molecule has 0 aliphatic heterocycles. The number of hydrogen-bond acceptors (Lipinski definition) is 6. The summed E-state index contributed by atoms with van der Waals surface area (Å²) in [5.74, 6) is -0.875. The minimum absolute atomic E-state index is 0.0776. The molecule has 0 saturated carbocycles. The third kappa shape index (κ3) is 61.8. The van der Waals surface area contributed by atoms with Gasteiger partial charge in [-0.2, -0.15) is 0 Å². The molecule has 0 spiro atoms. The quantitative estimate of drug-likeness (QED) is 0.0261. The van der Waals surface area contributed by atoms with E-state index in [2.05, 4.69) is 81.5 Å². The molecule has 1 atom stereocenters. The van der Waals surface area contributed by atoms with Crippen LogP contribution in [0.4, 0.5) is 0 Å². The van der Waals surface area contributed by atoms with Crippen molar-refractivity contribution in [3.8, 4) is 0 Å². The smallest absolute Gasteiger partial charge is 0.306 e. The van der Waals surface area contributed by atoms with Gasteiger partial charge in [0.1, 0.15) is 13.2 Å². The fourth-order valence-corrected chi connectivity index (χ4v) is 9.65. The zero-order valence-corrected chi connectivity index (χ0v) is 50.1. The minimum atomic E-state index is -0.783. The average molecular weight is 1050 g/mol. The summed E-state index contributed by atoms with van der Waals surface area (Å²) >= 11 is 0. The topological polar surface area (TPSA) is 78.9 Å². The molecule has 0 saturated heterocycles. The molecule has 0 N–H and O–H groups in total. The van der Waals surface area contributed by atoms with Crippen LogP contribution in [-0.4, -0.2) is 37.2 Å². The fourth-order valence-electron chi connectivity index (χ4n) is 9.65. The minimum Gasteiger partial charge on any atom is -0.462 e. The molecule has 0 aromatic heterocycles. The van der Waals surface area contributed by atoms with Crippen LogP contribution in [0.15, 0.2) is 60.8 Å². The van der Waals surface area contributed by atoms with Gasteiger partial charge in [-0.15, -0.1) is 0 Å². The molecule has 1 unspecified atom stereocenters. The average Bonchev–Trinajstić information content (AvgIpc) is 3.41. The van der Waals surface area contributed by atoms with Crippen molar-refractivity contribution in [3.63, 3.8) is 0 Å². The molecule has 0 amide bonds. The first-order valence-corrected chi connectivity index (χ1v) is 32.8. The van der Waals surface area contributed by atoms with Gasteiger partial charge < -0.3 is 14.2 Å². The van der Waals surface area contributed by atoms with Gasteiger partial charge in [-0.05, 0) is 64.2 Å². The SMILES string of the molecule is CC/C=C\C/C=C\C/C=C\C/C=C\C/C=C\CCCCCCCC(=O)OC(COC(=O)CCCCCCCCCCCCCCC)COC(=O)CCCCCCCCCCCCCCCCCCCCCCCCC. The van der Waals surface area contributed by atoms with E-state index < -0.39 is 6.10 Å². The number of carbonyl (C=O) groups is 3. The van der Waals surface area contributed by atoms with E-state index in [-0.39, 0.29) is 31.1 Å². The van der Waals surface area contributed by atoms with Crippen molar-refractivity contribution in [2.24, 2.45) is 0 Å². The lowest BCUT2D eigenvalue weighted by atomic mass is 10.0. The van der Waals surface area contributed by atoms with Crippen LogP contribution in [0.25, 0.3) is 0 Å². The van der Waals surface area contributed by atoms with Gasteiger partial charge in [-0.1, -0.05) is 319 Å². The monoisotopic (exact) mass is 1050 g/mol. The first-order valence-electron chi connectivity index (χ1n) is 32.8. The Bertz CT molecular complexity index is 1340. The van der Waals surface area contributed by atoms with Crippen molar-refractivity contribution in [3.05, 3.63) is 60.8 Å². The number of unbranched alkanes of at least 4 members (excludes halogenated alkanes) is 39. The third-order valence-electron chi connectivity index (χ3n) is 14.5. The molecular weight excluding hydrogens is 925 g/mol. The Kier molecular flexibility index (Phi) is 61.2. The van der Waals surface area contributed by atoms with E-state index in [0.29, 0.717) is 19.3 Å². The summed E-state index contributed by atoms with van der Waals surface area (Å²) in [5.41, 5.74) is 0. The highest BCUT2D eigenvalue weighted by Gasteiger charge is 2.19. The number of ether oxygens (including phenoxy) is 3. The summed E-state index contributed by atoms with van der Waals surface area (Å²) in [7, 11) is 0. The van der Waals surface area contributed by atoms with E-state index in [1.165, 1.54) is 193 Å². The number of carbonyl (C=O) groups excluding carboxylic acids is 3. The number of allylic oxidation sites excluding steroid dienone is 10. The van der Waals surface area contributed by atoms with Crippen molar-refractivity contribution in [2.75, 3.05) is 13.2 Å². The van der Waals surface area contributed by atoms with Gasteiger partial charge in [0.2, 0.25) is 0 Å². The zero-order chi connectivity index (χ0) is 54.3. The second kappa shape index (κ2) is 63.6. The van der Waals surface area contributed by atoms with Gasteiger partial charge >= 0.3 is 17.9 Å². The molecule has 0 bridgehead atoms. The van der Waals surface area contributed by atoms with Crippen LogP contribution in [0.1, 0.15) is 342 Å². The van der Waals surface area contributed by atoms with Crippen LogP contribution in [0, 0.1) is 0 Å². The standard InChI is InChI=1S/C69H124O6/c1-4-7-10-13-16-19-22-25-27-29-31-33-34-36-37-39-41-44-47-50-53-56-59-62-68(71)74-65-66(64-73-67(70)61-58-55-52-49-46-43-24-21-18-15-12-9-6-3)75-69(72)63-60-57-54-51-48-45-42-40-38-35-32-30-28-26-23-20-17-14-11-8-5-2/h8,11,17,20,26,28,32,35,40,42,66H,4-7,9-10,12-16,18-19,21-25,27,29-31,33-34,36-39,41,43-65H2,1-3H3/b11-8-,20-17-,28-26-,35-32-,42-40-. The second-order valence-corrected chi connectivity index (χ2v) is 22.0. The van der Waals surface area contributed by atoms with Gasteiger partial charge in [0, 0.05) is 19.3 Å². The van der Waals surface area contributed by atoms with Gasteiger partial charge in [0.25, 0.3) is 0 Å². The lowest BCUT2D eigenvalue weighted by Crippen LogP contribution is -2.30. The van der Waals surface area contributed by atoms with Crippen LogP contribution in [0.3, 0.4) is 0 Å². The molecule has 436 valence electrons. The van der Waals surface area contributed by atoms with Crippen molar-refractivity contribution < 1.29 is 28.6 Å². The van der Waals surface area contributed by atoms with E-state index in [1.807, 2.05) is 0 Å². The molecule has 75 heavy (non-hydrogen) atoms. The summed E-state index contributed by atoms with van der Waals surface area (Å²) in [6.45, 7) is 6.56. The maximum Gasteiger partial charge on any atom is 0.306 e. The van der Waals surface area contributed by atoms with Crippen LogP contribution in [0.2, 0.25) is 0 Å². The Balaban J connectivity index is 4.31. The lowest BCUT2D eigenvalue weighted by molar-refractivity contribution is -0.167. The maximum atomic E-state index is 12.9. The van der Waals surface area contributed by atoms with Crippen LogP contribution < -0.4 is 0 Å². The first-order chi connectivity index (χ1) is 37.0. The van der Waals surface area contributed by atoms with Crippen LogP contribution in [0.5, 0.6) is 0 Å². The predicted octanol–water partition coefficient (Wildman–Crippen LogP) is 22.3. The van der Waals surface area contributed by atoms with Crippen molar-refractivity contribution in [1.82, 2.24) is 0 Å². The van der Waals surface area contributed by atoms with E-state index in [9.17, 15) is 14.4 Å². The normalized spacial score (nSPS) is 12.4. The highest BCUT2D eigenvalue weighted by Crippen LogP contribution is 2.18. The molecule has 0 aromatic rings. The van der Waals surface area contributed by atoms with Gasteiger partial charge in [0.05, 0.1) is 0 Å². The van der Waals surface area contributed by atoms with Gasteiger partial charge in [-0.25, -0.2) is 0 Å². The molecule has 0 fully saturated rings. The highest BCUT2D eigenvalue weighted by molar-refractivity contribution is 5.71. The Morgan fingerprint density at radius 1 is 0.280 bits per heavy atom. The van der Waals surface area contributed by atoms with Crippen molar-refractivity contribution in [2.45, 2.75) is 348 Å². The van der Waals surface area contributed by atoms with E-state index in [1.54, 1.807) is 0 Å². The Morgan fingerprint density at radius 2 is 0.520 bits per heavy atom. The third-order valence-corrected chi connectivity index (χ3v) is 14.5. The summed E-state index contributed by atoms with van der Waals surface area (Å²) in [5, 5.41) is 0. The number of esters is 3. The summed E-state index contributed by atoms with van der Waals surface area (Å²) in [6.07, 6.45) is 80.9. The molecular formula is C69H124O6. The number of rotatable bonds is 60. The molecule has 6 nitrogen and oxygen atoms in total. The summed E-state index contributed by atoms with van der Waals surface area (Å²) < 4.78 is 16.9. The van der Waals surface area contributed by atoms with E-state index >= 15 is 0 Å². The molecule has 6 heteroatoms. The molecule has 0 aromatic carbocycles. The number of hydrogen-bond donors (Lipinski definition) is 0. The lowest BCUT2D eigenvalue weighted by Gasteiger charge is -2.18. The van der Waals surface area contributed by atoms with Crippen molar-refractivity contribution in [1.29, 1.82) is 0 Å². The fraction of sp³-hybridized carbons (Fsp3) is 0.812. The highest BCUT2D eigenvalue weighted by atomic mass is 16.6. The Hall–Kier alpha value is -2.89. The van der Waals surface area contributed by atoms with Gasteiger partial charge in [-0.3, -0.25) is 14.4 Å². The maximum absolute atomic E-state index is 12.9. The van der Waals surface area contributed by atoms with Crippen LogP contribution >= 0.6 is 0 Å². The first kappa shape index (κ1) is 72.1. The van der Waals surface area contributed by atoms with E-state index in [4.69, 9.17) is 14.2 Å². The van der Waals surface area contributed by atoms with E-state index in [0.717, 1.165) is 109 Å². The summed E-state index contributed by atoms with van der Waals surface area (Å²) in [4.78, 5) is 38.3. The van der Waals surface area contributed by atoms with Crippen LogP contribution in [-0.2, 0) is 28.6 Å². The Labute approximate surface area is 466 Å². The molecule has 0 rings (SSSR count). The largest absolute Gasteiger partial charge is 0.462 e. The van der Waals surface area contributed by atoms with Crippen molar-refractivity contribution >= 4 is 17.9 Å². The molecule has 0 radical (unpaired) electrons. The molecule has 0 aliphatic rings. The predicted molar refractivity (Wildman–Crippen MR) is 325 cm³/mol. The molecule has 0 heterocycles. The molecule has 0 aliphatic carbocycles.